The molecule has 4 atom stereocenters. The van der Waals surface area contributed by atoms with E-state index >= 15 is 0 Å². The molecule has 4 amide bonds. The van der Waals surface area contributed by atoms with Crippen LogP contribution in [0.2, 0.25) is 0 Å². The van der Waals surface area contributed by atoms with Gasteiger partial charge >= 0.3 is 6.09 Å². The lowest BCUT2D eigenvalue weighted by atomic mass is 10.0. The Morgan fingerprint density at radius 1 is 1.10 bits per heavy atom. The van der Waals surface area contributed by atoms with Crippen LogP contribution in [0.4, 0.5) is 10.5 Å². The second kappa shape index (κ2) is 12.3. The number of nitrogens with one attached hydrogen (secondary N) is 3. The number of carbonyl (C=O) groups is 4. The maximum Gasteiger partial charge on any atom is 0.408 e. The van der Waals surface area contributed by atoms with Crippen LogP contribution in [-0.2, 0) is 19.1 Å². The fourth-order valence-corrected chi connectivity index (χ4v) is 5.49. The third-order valence-corrected chi connectivity index (χ3v) is 7.65. The summed E-state index contributed by atoms with van der Waals surface area (Å²) in [4.78, 5) is 55.0. The SMILES string of the molecule is COc1cccc(NC(=O)[C@@]23C[C@H]2/C=C\CCCCC[C@H](NC(=O)OC(C)(C)C)C(=O)N2CCC[C@H]2C(=O)N3)c1. The van der Waals surface area contributed by atoms with Crippen molar-refractivity contribution >= 4 is 29.5 Å². The number of benzene rings is 1. The number of allylic oxidation sites excluding steroid dienone is 1. The number of amides is 4. The molecule has 1 aliphatic carbocycles. The van der Waals surface area contributed by atoms with Gasteiger partial charge in [-0.05, 0) is 71.4 Å². The Balaban J connectivity index is 1.54. The third kappa shape index (κ3) is 7.14. The van der Waals surface area contributed by atoms with Crippen molar-refractivity contribution in [2.45, 2.75) is 95.4 Å². The Kier molecular flexibility index (Phi) is 9.05. The molecule has 0 radical (unpaired) electrons. The molecule has 2 aliphatic heterocycles. The average molecular weight is 555 g/mol. The average Bonchev–Trinajstić information content (AvgIpc) is 3.35. The maximum atomic E-state index is 13.7. The van der Waals surface area contributed by atoms with Gasteiger partial charge in [-0.15, -0.1) is 0 Å². The minimum Gasteiger partial charge on any atom is -0.497 e. The van der Waals surface area contributed by atoms with Gasteiger partial charge in [0.05, 0.1) is 7.11 Å². The first kappa shape index (κ1) is 29.4. The van der Waals surface area contributed by atoms with Crippen molar-refractivity contribution in [3.8, 4) is 5.75 Å². The van der Waals surface area contributed by atoms with Crippen LogP contribution in [0.15, 0.2) is 36.4 Å². The lowest BCUT2D eigenvalue weighted by Gasteiger charge is -2.30. The highest BCUT2D eigenvalue weighted by atomic mass is 16.6. The van der Waals surface area contributed by atoms with Crippen LogP contribution in [0.1, 0.15) is 72.1 Å². The zero-order chi connectivity index (χ0) is 28.9. The standard InChI is InChI=1S/C30H42N4O6/c1-29(2,3)40-28(38)32-23-15-9-7-5-6-8-12-20-19-30(20,27(37)31-21-13-10-14-22(18-21)39-4)33-25(35)24-16-11-17-34(24)26(23)36/h8,10,12-14,18,20,23-24H,5-7,9,11,15-17,19H2,1-4H3,(H,31,37)(H,32,38)(H,33,35)/b12-8-/t20-,23+,24+,30-/m1/s1. The normalized spacial score (nSPS) is 28.1. The molecular formula is C30H42N4O6. The molecule has 40 heavy (non-hydrogen) atoms. The first-order valence-electron chi connectivity index (χ1n) is 14.3. The van der Waals surface area contributed by atoms with E-state index in [4.69, 9.17) is 9.47 Å². The van der Waals surface area contributed by atoms with Crippen molar-refractivity contribution in [1.82, 2.24) is 15.5 Å². The molecule has 10 nitrogen and oxygen atoms in total. The quantitative estimate of drug-likeness (QED) is 0.485. The zero-order valence-electron chi connectivity index (χ0n) is 24.0. The topological polar surface area (TPSA) is 126 Å². The van der Waals surface area contributed by atoms with Gasteiger partial charge in [0.25, 0.3) is 5.91 Å². The van der Waals surface area contributed by atoms with Gasteiger partial charge in [0.1, 0.15) is 29.0 Å². The summed E-state index contributed by atoms with van der Waals surface area (Å²) in [5.74, 6) is -0.469. The molecule has 2 fully saturated rings. The van der Waals surface area contributed by atoms with Crippen LogP contribution in [0.5, 0.6) is 5.75 Å². The van der Waals surface area contributed by atoms with Crippen LogP contribution in [0.3, 0.4) is 0 Å². The molecule has 0 unspecified atom stereocenters. The van der Waals surface area contributed by atoms with E-state index in [-0.39, 0.29) is 23.6 Å². The number of rotatable bonds is 4. The van der Waals surface area contributed by atoms with E-state index in [1.54, 1.807) is 57.0 Å². The van der Waals surface area contributed by atoms with Crippen LogP contribution < -0.4 is 20.7 Å². The summed E-state index contributed by atoms with van der Waals surface area (Å²) in [7, 11) is 1.56. The van der Waals surface area contributed by atoms with Crippen LogP contribution in [0, 0.1) is 5.92 Å². The van der Waals surface area contributed by atoms with Crippen molar-refractivity contribution in [3.63, 3.8) is 0 Å². The first-order chi connectivity index (χ1) is 19.0. The lowest BCUT2D eigenvalue weighted by molar-refractivity contribution is -0.141. The smallest absolute Gasteiger partial charge is 0.408 e. The molecule has 218 valence electrons. The van der Waals surface area contributed by atoms with E-state index in [0.29, 0.717) is 43.7 Å². The largest absolute Gasteiger partial charge is 0.497 e. The molecule has 0 bridgehead atoms. The molecule has 3 aliphatic rings. The summed E-state index contributed by atoms with van der Waals surface area (Å²) >= 11 is 0. The summed E-state index contributed by atoms with van der Waals surface area (Å²) in [5, 5.41) is 8.72. The highest BCUT2D eigenvalue weighted by Crippen LogP contribution is 2.46. The van der Waals surface area contributed by atoms with Crippen molar-refractivity contribution in [1.29, 1.82) is 0 Å². The summed E-state index contributed by atoms with van der Waals surface area (Å²) in [5.41, 5.74) is -1.22. The first-order valence-corrected chi connectivity index (χ1v) is 14.3. The monoisotopic (exact) mass is 554 g/mol. The minimum atomic E-state index is -1.09. The lowest BCUT2D eigenvalue weighted by Crippen LogP contribution is -2.57. The van der Waals surface area contributed by atoms with Gasteiger partial charge in [-0.25, -0.2) is 4.79 Å². The summed E-state index contributed by atoms with van der Waals surface area (Å²) in [6, 6.07) is 5.57. The predicted octanol–water partition coefficient (Wildman–Crippen LogP) is 3.91. The molecule has 2 heterocycles. The van der Waals surface area contributed by atoms with Crippen LogP contribution in [-0.4, -0.2) is 65.6 Å². The number of nitrogens with zero attached hydrogens (tertiary/aromatic N) is 1. The predicted molar refractivity (Wildman–Crippen MR) is 151 cm³/mol. The Morgan fingerprint density at radius 3 is 2.65 bits per heavy atom. The zero-order valence-corrected chi connectivity index (χ0v) is 24.0. The van der Waals surface area contributed by atoms with Crippen molar-refractivity contribution in [2.75, 3.05) is 19.0 Å². The van der Waals surface area contributed by atoms with E-state index in [0.717, 1.165) is 25.7 Å². The highest BCUT2D eigenvalue weighted by Gasteiger charge is 2.60. The van der Waals surface area contributed by atoms with E-state index < -0.39 is 29.3 Å². The Bertz CT molecular complexity index is 1150. The fraction of sp³-hybridized carbons (Fsp3) is 0.600. The molecule has 0 spiro atoms. The van der Waals surface area contributed by atoms with Gasteiger partial charge in [-0.1, -0.05) is 31.1 Å². The molecule has 1 aromatic rings. The molecule has 3 N–H and O–H groups in total. The molecular weight excluding hydrogens is 512 g/mol. The molecule has 10 heteroatoms. The number of fused-ring (bicyclic) bond motifs is 2. The Morgan fingerprint density at radius 2 is 1.90 bits per heavy atom. The van der Waals surface area contributed by atoms with E-state index in [1.807, 2.05) is 6.08 Å². The molecule has 4 rings (SSSR count). The van der Waals surface area contributed by atoms with Crippen molar-refractivity contribution < 1.29 is 28.7 Å². The van der Waals surface area contributed by atoms with Gasteiger partial charge < -0.3 is 30.3 Å². The molecule has 0 aromatic heterocycles. The van der Waals surface area contributed by atoms with Crippen molar-refractivity contribution in [3.05, 3.63) is 36.4 Å². The third-order valence-electron chi connectivity index (χ3n) is 7.65. The second-order valence-electron chi connectivity index (χ2n) is 11.9. The number of methoxy groups -OCH3 is 1. The van der Waals surface area contributed by atoms with Gasteiger partial charge in [-0.2, -0.15) is 0 Å². The summed E-state index contributed by atoms with van der Waals surface area (Å²) < 4.78 is 10.7. The Labute approximate surface area is 236 Å². The highest BCUT2D eigenvalue weighted by molar-refractivity contribution is 6.04. The number of anilines is 1. The number of ether oxygens (including phenoxy) is 2. The Hall–Kier alpha value is -3.56. The minimum absolute atomic E-state index is 0.140. The number of carbonyl (C=O) groups excluding carboxylic acids is 4. The summed E-state index contributed by atoms with van der Waals surface area (Å²) in [6.07, 6.45) is 8.91. The number of hydrogen-bond acceptors (Lipinski definition) is 6. The van der Waals surface area contributed by atoms with E-state index in [2.05, 4.69) is 22.0 Å². The maximum absolute atomic E-state index is 13.7. The van der Waals surface area contributed by atoms with Crippen LogP contribution in [0.25, 0.3) is 0 Å². The van der Waals surface area contributed by atoms with E-state index in [9.17, 15) is 19.2 Å². The number of alkyl carbamates (subject to hydrolysis) is 1. The van der Waals surface area contributed by atoms with Gasteiger partial charge in [0.2, 0.25) is 11.8 Å². The number of hydrogen-bond donors (Lipinski definition) is 3. The van der Waals surface area contributed by atoms with Crippen molar-refractivity contribution in [2.24, 2.45) is 5.92 Å². The fourth-order valence-electron chi connectivity index (χ4n) is 5.49. The summed E-state index contributed by atoms with van der Waals surface area (Å²) in [6.45, 7) is 5.72. The van der Waals surface area contributed by atoms with Crippen LogP contribution >= 0.6 is 0 Å². The van der Waals surface area contributed by atoms with Gasteiger partial charge in [0, 0.05) is 24.2 Å². The van der Waals surface area contributed by atoms with E-state index in [1.165, 1.54) is 0 Å². The molecule has 1 aromatic carbocycles. The van der Waals surface area contributed by atoms with Gasteiger partial charge in [0.15, 0.2) is 0 Å². The second-order valence-corrected chi connectivity index (χ2v) is 11.9. The molecule has 1 saturated heterocycles. The molecule has 1 saturated carbocycles. The van der Waals surface area contributed by atoms with Gasteiger partial charge in [-0.3, -0.25) is 14.4 Å².